The predicted octanol–water partition coefficient (Wildman–Crippen LogP) is 6.24. The van der Waals surface area contributed by atoms with Gasteiger partial charge in [0, 0.05) is 40.7 Å². The van der Waals surface area contributed by atoms with Gasteiger partial charge < -0.3 is 5.32 Å². The fourth-order valence-corrected chi connectivity index (χ4v) is 4.10. The highest BCUT2D eigenvalue weighted by atomic mass is 19.3. The predicted molar refractivity (Wildman–Crippen MR) is 121 cm³/mol. The number of anilines is 1. The molecule has 0 aliphatic heterocycles. The molecule has 0 fully saturated rings. The summed E-state index contributed by atoms with van der Waals surface area (Å²) in [5.41, 5.74) is 5.48. The molecule has 1 N–H and O–H groups in total. The summed E-state index contributed by atoms with van der Waals surface area (Å²) in [6.45, 7) is 0.585. The number of hydrogen-bond donors (Lipinski definition) is 1. The Bertz CT molecular complexity index is 1220. The standard InChI is InChI=1S/C26H22F2N4/c27-24(28)19-6-1-2-7-20(19)26-31-23-10-5-8-21(23)25(32-26)30-16-17-11-13-18(14-12-17)22-9-3-4-15-29-22/h1-4,6-7,9,11-15,24H,5,8,10,16H2,(H,30,31,32). The second kappa shape index (κ2) is 8.83. The molecule has 2 aromatic heterocycles. The first-order valence-corrected chi connectivity index (χ1v) is 10.7. The Labute approximate surface area is 185 Å². The quantitative estimate of drug-likeness (QED) is 0.395. The molecule has 1 aliphatic rings. The molecule has 4 aromatic rings. The van der Waals surface area contributed by atoms with Crippen LogP contribution in [0.4, 0.5) is 14.6 Å². The van der Waals surface area contributed by atoms with E-state index in [1.165, 1.54) is 6.07 Å². The van der Waals surface area contributed by atoms with E-state index in [9.17, 15) is 8.78 Å². The number of fused-ring (bicyclic) bond motifs is 1. The summed E-state index contributed by atoms with van der Waals surface area (Å²) in [6, 6.07) is 20.5. The van der Waals surface area contributed by atoms with Gasteiger partial charge in [-0.05, 0) is 37.0 Å². The van der Waals surface area contributed by atoms with Crippen LogP contribution in [0.25, 0.3) is 22.6 Å². The molecule has 32 heavy (non-hydrogen) atoms. The Morgan fingerprint density at radius 3 is 2.47 bits per heavy atom. The highest BCUT2D eigenvalue weighted by Crippen LogP contribution is 2.33. The molecule has 0 saturated heterocycles. The SMILES string of the molecule is FC(F)c1ccccc1-c1nc2c(c(NCc3ccc(-c4ccccn4)cc3)n1)CCC2. The number of benzene rings is 2. The van der Waals surface area contributed by atoms with Gasteiger partial charge in [0.25, 0.3) is 6.43 Å². The third kappa shape index (κ3) is 4.08. The number of pyridine rings is 1. The maximum absolute atomic E-state index is 13.5. The topological polar surface area (TPSA) is 50.7 Å². The third-order valence-corrected chi connectivity index (χ3v) is 5.74. The third-order valence-electron chi connectivity index (χ3n) is 5.74. The molecule has 0 atom stereocenters. The lowest BCUT2D eigenvalue weighted by Crippen LogP contribution is -2.08. The second-order valence-electron chi connectivity index (χ2n) is 7.83. The van der Waals surface area contributed by atoms with Gasteiger partial charge in [0.1, 0.15) is 5.82 Å². The highest BCUT2D eigenvalue weighted by Gasteiger charge is 2.22. The molecule has 2 heterocycles. The van der Waals surface area contributed by atoms with Gasteiger partial charge in [0.15, 0.2) is 5.82 Å². The van der Waals surface area contributed by atoms with Crippen LogP contribution in [0.3, 0.4) is 0 Å². The van der Waals surface area contributed by atoms with Crippen LogP contribution in [0.15, 0.2) is 72.9 Å². The average Bonchev–Trinajstić information content (AvgIpc) is 3.32. The summed E-state index contributed by atoms with van der Waals surface area (Å²) in [5.74, 6) is 1.09. The van der Waals surface area contributed by atoms with Crippen LogP contribution in [-0.2, 0) is 19.4 Å². The zero-order valence-electron chi connectivity index (χ0n) is 17.4. The number of alkyl halides is 2. The van der Waals surface area contributed by atoms with Gasteiger partial charge in [0.2, 0.25) is 0 Å². The fraction of sp³-hybridized carbons (Fsp3) is 0.192. The molecule has 0 radical (unpaired) electrons. The largest absolute Gasteiger partial charge is 0.366 e. The molecule has 160 valence electrons. The van der Waals surface area contributed by atoms with Gasteiger partial charge in [-0.25, -0.2) is 18.7 Å². The lowest BCUT2D eigenvalue weighted by atomic mass is 10.1. The van der Waals surface area contributed by atoms with Crippen molar-refractivity contribution in [2.75, 3.05) is 5.32 Å². The van der Waals surface area contributed by atoms with E-state index < -0.39 is 6.43 Å². The monoisotopic (exact) mass is 428 g/mol. The van der Waals surface area contributed by atoms with E-state index in [2.05, 4.69) is 32.4 Å². The molecule has 0 spiro atoms. The second-order valence-corrected chi connectivity index (χ2v) is 7.83. The molecule has 6 heteroatoms. The van der Waals surface area contributed by atoms with Crippen molar-refractivity contribution in [2.24, 2.45) is 0 Å². The maximum atomic E-state index is 13.5. The van der Waals surface area contributed by atoms with Crippen LogP contribution < -0.4 is 5.32 Å². The molecule has 1 aliphatic carbocycles. The smallest absolute Gasteiger partial charge is 0.264 e. The number of nitrogens with one attached hydrogen (secondary N) is 1. The van der Waals surface area contributed by atoms with Crippen molar-refractivity contribution in [3.63, 3.8) is 0 Å². The summed E-state index contributed by atoms with van der Waals surface area (Å²) >= 11 is 0. The first kappa shape index (κ1) is 20.2. The van der Waals surface area contributed by atoms with Crippen molar-refractivity contribution in [3.8, 4) is 22.6 Å². The summed E-state index contributed by atoms with van der Waals surface area (Å²) in [4.78, 5) is 13.7. The van der Waals surface area contributed by atoms with Crippen LogP contribution in [-0.4, -0.2) is 15.0 Å². The molecule has 4 nitrogen and oxygen atoms in total. The average molecular weight is 428 g/mol. The van der Waals surface area contributed by atoms with E-state index in [1.807, 2.05) is 30.3 Å². The van der Waals surface area contributed by atoms with Gasteiger partial charge in [-0.3, -0.25) is 4.98 Å². The zero-order chi connectivity index (χ0) is 21.9. The lowest BCUT2D eigenvalue weighted by Gasteiger charge is -2.14. The minimum atomic E-state index is -2.57. The molecule has 0 amide bonds. The van der Waals surface area contributed by atoms with E-state index in [0.29, 0.717) is 17.9 Å². The summed E-state index contributed by atoms with van der Waals surface area (Å²) < 4.78 is 27.1. The van der Waals surface area contributed by atoms with E-state index in [0.717, 1.165) is 53.2 Å². The Kier molecular flexibility index (Phi) is 5.58. The maximum Gasteiger partial charge on any atom is 0.264 e. The van der Waals surface area contributed by atoms with Crippen LogP contribution >= 0.6 is 0 Å². The van der Waals surface area contributed by atoms with Gasteiger partial charge in [-0.2, -0.15) is 0 Å². The number of nitrogens with zero attached hydrogens (tertiary/aromatic N) is 3. The highest BCUT2D eigenvalue weighted by molar-refractivity contribution is 5.65. The van der Waals surface area contributed by atoms with E-state index in [-0.39, 0.29) is 5.56 Å². The van der Waals surface area contributed by atoms with Crippen LogP contribution in [0.1, 0.15) is 35.2 Å². The van der Waals surface area contributed by atoms with E-state index in [4.69, 9.17) is 0 Å². The zero-order valence-corrected chi connectivity index (χ0v) is 17.4. The van der Waals surface area contributed by atoms with Crippen LogP contribution in [0, 0.1) is 0 Å². The summed E-state index contributed by atoms with van der Waals surface area (Å²) in [6.07, 6.45) is 1.95. The molecular formula is C26H22F2N4. The van der Waals surface area contributed by atoms with Crippen molar-refractivity contribution in [2.45, 2.75) is 32.2 Å². The number of hydrogen-bond acceptors (Lipinski definition) is 4. The number of aryl methyl sites for hydroxylation is 1. The van der Waals surface area contributed by atoms with Gasteiger partial charge in [-0.15, -0.1) is 0 Å². The first-order valence-electron chi connectivity index (χ1n) is 10.7. The van der Waals surface area contributed by atoms with Gasteiger partial charge >= 0.3 is 0 Å². The van der Waals surface area contributed by atoms with Crippen molar-refractivity contribution < 1.29 is 8.78 Å². The molecule has 0 unspecified atom stereocenters. The van der Waals surface area contributed by atoms with Crippen molar-refractivity contribution >= 4 is 5.82 Å². The van der Waals surface area contributed by atoms with E-state index in [1.54, 1.807) is 24.4 Å². The minimum Gasteiger partial charge on any atom is -0.366 e. The normalized spacial score (nSPS) is 12.7. The Morgan fingerprint density at radius 2 is 1.69 bits per heavy atom. The molecule has 0 bridgehead atoms. The minimum absolute atomic E-state index is 0.0403. The van der Waals surface area contributed by atoms with Crippen LogP contribution in [0.2, 0.25) is 0 Å². The number of rotatable bonds is 6. The molecule has 0 saturated carbocycles. The Hall–Kier alpha value is -3.67. The first-order chi connectivity index (χ1) is 15.7. The molecule has 5 rings (SSSR count). The summed E-state index contributed by atoms with van der Waals surface area (Å²) in [7, 11) is 0. The Morgan fingerprint density at radius 1 is 0.875 bits per heavy atom. The Balaban J connectivity index is 1.41. The fourth-order valence-electron chi connectivity index (χ4n) is 4.10. The van der Waals surface area contributed by atoms with Gasteiger partial charge in [-0.1, -0.05) is 54.6 Å². The van der Waals surface area contributed by atoms with E-state index >= 15 is 0 Å². The molecule has 2 aromatic carbocycles. The number of aromatic nitrogens is 3. The summed E-state index contributed by atoms with van der Waals surface area (Å²) in [5, 5.41) is 3.43. The van der Waals surface area contributed by atoms with Crippen molar-refractivity contribution in [1.82, 2.24) is 15.0 Å². The molecular weight excluding hydrogens is 406 g/mol. The van der Waals surface area contributed by atoms with Crippen molar-refractivity contribution in [1.29, 1.82) is 0 Å². The number of halogens is 2. The van der Waals surface area contributed by atoms with Crippen LogP contribution in [0.5, 0.6) is 0 Å². The lowest BCUT2D eigenvalue weighted by molar-refractivity contribution is 0.152. The van der Waals surface area contributed by atoms with Crippen molar-refractivity contribution in [3.05, 3.63) is 95.3 Å². The van der Waals surface area contributed by atoms with Gasteiger partial charge in [0.05, 0.1) is 5.69 Å².